The fraction of sp³-hybridized carbons (Fsp3) is 0.304. The first-order chi connectivity index (χ1) is 13.3. The highest BCUT2D eigenvalue weighted by atomic mass is 32.1. The van der Waals surface area contributed by atoms with Crippen molar-refractivity contribution < 1.29 is 4.79 Å². The van der Waals surface area contributed by atoms with Gasteiger partial charge in [-0.1, -0.05) is 32.0 Å². The van der Waals surface area contributed by atoms with Crippen molar-refractivity contribution in [2.75, 3.05) is 4.90 Å². The molecule has 0 saturated carbocycles. The number of para-hydroxylation sites is 1. The van der Waals surface area contributed by atoms with Crippen molar-refractivity contribution in [3.05, 3.63) is 74.9 Å². The van der Waals surface area contributed by atoms with Gasteiger partial charge in [0.2, 0.25) is 0 Å². The third-order valence-corrected chi connectivity index (χ3v) is 6.32. The number of aryl methyl sites for hydroxylation is 1. The maximum absolute atomic E-state index is 13.3. The van der Waals surface area contributed by atoms with Gasteiger partial charge in [0.1, 0.15) is 5.82 Å². The van der Waals surface area contributed by atoms with Gasteiger partial charge in [-0.25, -0.2) is 0 Å². The van der Waals surface area contributed by atoms with E-state index in [9.17, 15) is 10.1 Å². The van der Waals surface area contributed by atoms with E-state index in [0.29, 0.717) is 17.8 Å². The molecule has 0 fully saturated rings. The number of nitriles is 1. The highest BCUT2D eigenvalue weighted by molar-refractivity contribution is 7.08. The van der Waals surface area contributed by atoms with Crippen LogP contribution in [0.25, 0.3) is 0 Å². The van der Waals surface area contributed by atoms with Crippen LogP contribution in [0.2, 0.25) is 0 Å². The van der Waals surface area contributed by atoms with Crippen molar-refractivity contribution in [1.29, 1.82) is 5.26 Å². The van der Waals surface area contributed by atoms with Crippen LogP contribution < -0.4 is 10.6 Å². The van der Waals surface area contributed by atoms with Crippen LogP contribution in [-0.2, 0) is 4.79 Å². The molecule has 28 heavy (non-hydrogen) atoms. The molecule has 1 aliphatic heterocycles. The molecule has 1 aliphatic carbocycles. The number of Topliss-reactive ketones (excluding diaryl/α,β-unsaturated/α-hetero) is 1. The maximum Gasteiger partial charge on any atom is 0.162 e. The first-order valence-corrected chi connectivity index (χ1v) is 10.3. The smallest absolute Gasteiger partial charge is 0.162 e. The van der Waals surface area contributed by atoms with E-state index in [1.165, 1.54) is 0 Å². The van der Waals surface area contributed by atoms with E-state index in [-0.39, 0.29) is 17.1 Å². The predicted octanol–water partition coefficient (Wildman–Crippen LogP) is 5.00. The molecule has 142 valence electrons. The number of allylic oxidation sites excluding steroid dienone is 3. The molecular formula is C23H23N3OS. The van der Waals surface area contributed by atoms with Crippen LogP contribution in [0.3, 0.4) is 0 Å². The van der Waals surface area contributed by atoms with E-state index >= 15 is 0 Å². The van der Waals surface area contributed by atoms with Crippen LogP contribution in [0.5, 0.6) is 0 Å². The fourth-order valence-electron chi connectivity index (χ4n) is 4.37. The molecule has 0 bridgehead atoms. The molecule has 1 atom stereocenters. The molecule has 1 aromatic carbocycles. The molecule has 1 aromatic heterocycles. The number of carbonyl (C=O) groups excluding carboxylic acids is 1. The lowest BCUT2D eigenvalue weighted by molar-refractivity contribution is -0.118. The molecule has 2 heterocycles. The zero-order chi connectivity index (χ0) is 20.1. The van der Waals surface area contributed by atoms with Crippen LogP contribution in [0.15, 0.2) is 63.8 Å². The van der Waals surface area contributed by atoms with Gasteiger partial charge in [0, 0.05) is 17.7 Å². The van der Waals surface area contributed by atoms with Gasteiger partial charge in [0.15, 0.2) is 5.78 Å². The van der Waals surface area contributed by atoms with E-state index in [2.05, 4.69) is 19.9 Å². The Morgan fingerprint density at radius 3 is 2.64 bits per heavy atom. The standard InChI is InChI=1S/C23H23N3OS/c1-14-6-4-5-7-17(14)26-18-10-23(2,3)11-19(27)21(18)20(15-8-9-28-13-15)16(12-24)22(26)25/h4-9,13,20H,10-11,25H2,1-3H3/t20-/m1/s1. The van der Waals surface area contributed by atoms with Crippen LogP contribution in [0.1, 0.15) is 43.7 Å². The molecule has 4 nitrogen and oxygen atoms in total. The monoisotopic (exact) mass is 389 g/mol. The molecule has 0 saturated heterocycles. The van der Waals surface area contributed by atoms with Crippen molar-refractivity contribution in [2.24, 2.45) is 11.1 Å². The highest BCUT2D eigenvalue weighted by Crippen LogP contribution is 2.50. The van der Waals surface area contributed by atoms with E-state index < -0.39 is 0 Å². The van der Waals surface area contributed by atoms with Gasteiger partial charge in [-0.05, 0) is 52.8 Å². The summed E-state index contributed by atoms with van der Waals surface area (Å²) in [5.41, 5.74) is 11.5. The number of nitrogens with zero attached hydrogens (tertiary/aromatic N) is 2. The average Bonchev–Trinajstić information content (AvgIpc) is 3.15. The number of ketones is 1. The number of rotatable bonds is 2. The molecule has 0 amide bonds. The van der Waals surface area contributed by atoms with Crippen molar-refractivity contribution in [3.8, 4) is 6.07 Å². The summed E-state index contributed by atoms with van der Waals surface area (Å²) in [7, 11) is 0. The number of thiophene rings is 1. The highest BCUT2D eigenvalue weighted by Gasteiger charge is 2.44. The number of anilines is 1. The van der Waals surface area contributed by atoms with Crippen LogP contribution in [-0.4, -0.2) is 5.78 Å². The Bertz CT molecular complexity index is 1050. The Balaban J connectivity index is 2.02. The summed E-state index contributed by atoms with van der Waals surface area (Å²) in [6, 6.07) is 12.3. The first kappa shape index (κ1) is 18.5. The molecule has 2 N–H and O–H groups in total. The number of carbonyl (C=O) groups is 1. The zero-order valence-electron chi connectivity index (χ0n) is 16.3. The first-order valence-electron chi connectivity index (χ1n) is 9.38. The fourth-order valence-corrected chi connectivity index (χ4v) is 5.06. The molecule has 0 spiro atoms. The van der Waals surface area contributed by atoms with Gasteiger partial charge < -0.3 is 5.73 Å². The minimum Gasteiger partial charge on any atom is -0.384 e. The summed E-state index contributed by atoms with van der Waals surface area (Å²) < 4.78 is 0. The lowest BCUT2D eigenvalue weighted by Gasteiger charge is -2.44. The normalized spacial score (nSPS) is 21.6. The van der Waals surface area contributed by atoms with Crippen LogP contribution >= 0.6 is 11.3 Å². The van der Waals surface area contributed by atoms with Crippen molar-refractivity contribution in [3.63, 3.8) is 0 Å². The van der Waals surface area contributed by atoms with Crippen LogP contribution in [0, 0.1) is 23.7 Å². The second-order valence-electron chi connectivity index (χ2n) is 8.32. The topological polar surface area (TPSA) is 70.1 Å². The molecule has 2 aromatic rings. The van der Waals surface area contributed by atoms with Gasteiger partial charge in [0.05, 0.1) is 23.2 Å². The third kappa shape index (κ3) is 2.85. The SMILES string of the molecule is Cc1ccccc1N1C(N)=C(C#N)[C@@H](c2ccsc2)C2=C1CC(C)(C)CC2=O. The molecule has 4 rings (SSSR count). The number of benzene rings is 1. The summed E-state index contributed by atoms with van der Waals surface area (Å²) in [5, 5.41) is 14.0. The van der Waals surface area contributed by atoms with E-state index in [0.717, 1.165) is 34.5 Å². The zero-order valence-corrected chi connectivity index (χ0v) is 17.1. The molecular weight excluding hydrogens is 366 g/mol. The second kappa shape index (κ2) is 6.65. The van der Waals surface area contributed by atoms with Gasteiger partial charge in [-0.3, -0.25) is 9.69 Å². The van der Waals surface area contributed by atoms with Crippen molar-refractivity contribution in [1.82, 2.24) is 0 Å². The summed E-state index contributed by atoms with van der Waals surface area (Å²) in [4.78, 5) is 15.3. The van der Waals surface area contributed by atoms with E-state index in [1.54, 1.807) is 11.3 Å². The lowest BCUT2D eigenvalue weighted by atomic mass is 9.69. The van der Waals surface area contributed by atoms with Gasteiger partial charge in [-0.2, -0.15) is 16.6 Å². The summed E-state index contributed by atoms with van der Waals surface area (Å²) in [5.74, 6) is 0.161. The Kier molecular flexibility index (Phi) is 4.40. The summed E-state index contributed by atoms with van der Waals surface area (Å²) in [6.45, 7) is 6.25. The second-order valence-corrected chi connectivity index (χ2v) is 9.10. The number of nitrogens with two attached hydrogens (primary N) is 1. The predicted molar refractivity (Wildman–Crippen MR) is 113 cm³/mol. The van der Waals surface area contributed by atoms with E-state index in [1.807, 2.05) is 52.9 Å². The van der Waals surface area contributed by atoms with Crippen LogP contribution in [0.4, 0.5) is 5.69 Å². The Hall–Kier alpha value is -2.84. The van der Waals surface area contributed by atoms with Gasteiger partial charge >= 0.3 is 0 Å². The lowest BCUT2D eigenvalue weighted by Crippen LogP contribution is -2.42. The minimum absolute atomic E-state index is 0.112. The summed E-state index contributed by atoms with van der Waals surface area (Å²) >= 11 is 1.57. The maximum atomic E-state index is 13.3. The minimum atomic E-state index is -0.380. The quantitative estimate of drug-likeness (QED) is 0.785. The molecule has 2 aliphatic rings. The molecule has 0 radical (unpaired) electrons. The Morgan fingerprint density at radius 1 is 1.25 bits per heavy atom. The molecule has 5 heteroatoms. The summed E-state index contributed by atoms with van der Waals surface area (Å²) in [6.07, 6.45) is 1.22. The third-order valence-electron chi connectivity index (χ3n) is 5.61. The average molecular weight is 390 g/mol. The Morgan fingerprint density at radius 2 is 2.00 bits per heavy atom. The van der Waals surface area contributed by atoms with Gasteiger partial charge in [-0.15, -0.1) is 0 Å². The largest absolute Gasteiger partial charge is 0.384 e. The van der Waals surface area contributed by atoms with E-state index in [4.69, 9.17) is 5.73 Å². The van der Waals surface area contributed by atoms with Crippen molar-refractivity contribution >= 4 is 22.8 Å². The van der Waals surface area contributed by atoms with Crippen molar-refractivity contribution in [2.45, 2.75) is 39.5 Å². The van der Waals surface area contributed by atoms with Gasteiger partial charge in [0.25, 0.3) is 0 Å². The molecule has 0 unspecified atom stereocenters. The number of hydrogen-bond donors (Lipinski definition) is 1. The Labute approximate surface area is 169 Å². The number of hydrogen-bond acceptors (Lipinski definition) is 5.